The minimum absolute atomic E-state index is 0.00439. The molecule has 2 rings (SSSR count). The summed E-state index contributed by atoms with van der Waals surface area (Å²) in [5.41, 5.74) is 0.482. The van der Waals surface area contributed by atoms with Crippen molar-refractivity contribution in [3.63, 3.8) is 0 Å². The third-order valence-electron chi connectivity index (χ3n) is 2.91. The largest absolute Gasteiger partial charge is 0.341 e. The molecule has 1 aromatic heterocycles. The topological polar surface area (TPSA) is 62.3 Å². The van der Waals surface area contributed by atoms with Gasteiger partial charge >= 0.3 is 0 Å². The fraction of sp³-hybridized carbons (Fsp3) is 0.417. The number of hydrogen-bond acceptors (Lipinski definition) is 3. The average Bonchev–Trinajstić information content (AvgIpc) is 2.71. The van der Waals surface area contributed by atoms with E-state index in [1.165, 1.54) is 6.20 Å². The molecule has 1 atom stereocenters. The van der Waals surface area contributed by atoms with Crippen LogP contribution >= 0.6 is 0 Å². The zero-order valence-electron chi connectivity index (χ0n) is 9.72. The summed E-state index contributed by atoms with van der Waals surface area (Å²) in [6, 6.07) is 2.99. The van der Waals surface area contributed by atoms with E-state index in [0.717, 1.165) is 0 Å². The number of nitrogens with zero attached hydrogens (tertiary/aromatic N) is 2. The number of rotatable bonds is 3. The van der Waals surface area contributed by atoms with Gasteiger partial charge in [0.25, 0.3) is 5.91 Å². The van der Waals surface area contributed by atoms with Gasteiger partial charge in [-0.15, -0.1) is 0 Å². The SMILES string of the molecule is CCN1CC[C@H](NC(=O)c2cccnc2)C1=O. The first-order valence-corrected chi connectivity index (χ1v) is 5.72. The molecule has 0 saturated carbocycles. The molecule has 90 valence electrons. The molecule has 0 aromatic carbocycles. The molecule has 1 aliphatic heterocycles. The Labute approximate surface area is 99.8 Å². The van der Waals surface area contributed by atoms with Crippen molar-refractivity contribution in [1.82, 2.24) is 15.2 Å². The van der Waals surface area contributed by atoms with Crippen LogP contribution in [0.1, 0.15) is 23.7 Å². The van der Waals surface area contributed by atoms with Gasteiger partial charge in [-0.3, -0.25) is 14.6 Å². The number of likely N-dealkylation sites (tertiary alicyclic amines) is 1. The lowest BCUT2D eigenvalue weighted by atomic mass is 10.2. The van der Waals surface area contributed by atoms with Gasteiger partial charge in [0.1, 0.15) is 6.04 Å². The molecule has 5 nitrogen and oxygen atoms in total. The van der Waals surface area contributed by atoms with Gasteiger partial charge < -0.3 is 10.2 Å². The fourth-order valence-corrected chi connectivity index (χ4v) is 1.93. The summed E-state index contributed by atoms with van der Waals surface area (Å²) >= 11 is 0. The highest BCUT2D eigenvalue weighted by molar-refractivity contribution is 5.97. The van der Waals surface area contributed by atoms with E-state index < -0.39 is 0 Å². The lowest BCUT2D eigenvalue weighted by Crippen LogP contribution is -2.41. The second kappa shape index (κ2) is 4.95. The molecule has 1 fully saturated rings. The van der Waals surface area contributed by atoms with Crippen LogP contribution in [-0.2, 0) is 4.79 Å². The number of hydrogen-bond donors (Lipinski definition) is 1. The second-order valence-corrected chi connectivity index (χ2v) is 3.97. The van der Waals surface area contributed by atoms with E-state index in [1.807, 2.05) is 6.92 Å². The minimum Gasteiger partial charge on any atom is -0.341 e. The quantitative estimate of drug-likeness (QED) is 0.823. The number of carbonyl (C=O) groups excluding carboxylic acids is 2. The first-order chi connectivity index (χ1) is 8.22. The molecular weight excluding hydrogens is 218 g/mol. The Kier molecular flexibility index (Phi) is 3.37. The van der Waals surface area contributed by atoms with E-state index in [2.05, 4.69) is 10.3 Å². The predicted molar refractivity (Wildman–Crippen MR) is 62.4 cm³/mol. The van der Waals surface area contributed by atoms with Gasteiger partial charge in [-0.05, 0) is 25.5 Å². The van der Waals surface area contributed by atoms with E-state index in [4.69, 9.17) is 0 Å². The van der Waals surface area contributed by atoms with Crippen molar-refractivity contribution in [1.29, 1.82) is 0 Å². The first kappa shape index (κ1) is 11.6. The lowest BCUT2D eigenvalue weighted by Gasteiger charge is -2.14. The van der Waals surface area contributed by atoms with Gasteiger partial charge in [-0.1, -0.05) is 0 Å². The van der Waals surface area contributed by atoms with Gasteiger partial charge in [-0.2, -0.15) is 0 Å². The molecule has 1 aliphatic rings. The van der Waals surface area contributed by atoms with Crippen LogP contribution in [0.5, 0.6) is 0 Å². The number of amides is 2. The van der Waals surface area contributed by atoms with Crippen molar-refractivity contribution >= 4 is 11.8 Å². The standard InChI is InChI=1S/C12H15N3O2/c1-2-15-7-5-10(12(15)17)14-11(16)9-4-3-6-13-8-9/h3-4,6,8,10H,2,5,7H2,1H3,(H,14,16)/t10-/m0/s1. The monoisotopic (exact) mass is 233 g/mol. The summed E-state index contributed by atoms with van der Waals surface area (Å²) in [5.74, 6) is -0.237. The van der Waals surface area contributed by atoms with E-state index >= 15 is 0 Å². The van der Waals surface area contributed by atoms with Crippen molar-refractivity contribution in [2.24, 2.45) is 0 Å². The number of pyridine rings is 1. The molecule has 0 aliphatic carbocycles. The summed E-state index contributed by atoms with van der Waals surface area (Å²) < 4.78 is 0. The molecule has 5 heteroatoms. The van der Waals surface area contributed by atoms with E-state index in [0.29, 0.717) is 25.1 Å². The summed E-state index contributed by atoms with van der Waals surface area (Å²) in [5, 5.41) is 2.74. The smallest absolute Gasteiger partial charge is 0.253 e. The Morgan fingerprint density at radius 3 is 3.06 bits per heavy atom. The van der Waals surface area contributed by atoms with Crippen LogP contribution in [0.25, 0.3) is 0 Å². The fourth-order valence-electron chi connectivity index (χ4n) is 1.93. The molecule has 1 saturated heterocycles. The maximum Gasteiger partial charge on any atom is 0.253 e. The normalized spacial score (nSPS) is 19.5. The zero-order chi connectivity index (χ0) is 12.3. The van der Waals surface area contributed by atoms with Crippen molar-refractivity contribution in [3.8, 4) is 0 Å². The van der Waals surface area contributed by atoms with Gasteiger partial charge in [-0.25, -0.2) is 0 Å². The predicted octanol–water partition coefficient (Wildman–Crippen LogP) is 0.432. The molecule has 0 radical (unpaired) electrons. The lowest BCUT2D eigenvalue weighted by molar-refractivity contribution is -0.129. The number of nitrogens with one attached hydrogen (secondary N) is 1. The molecular formula is C12H15N3O2. The third kappa shape index (κ3) is 2.43. The number of carbonyl (C=O) groups is 2. The summed E-state index contributed by atoms with van der Waals surface area (Å²) in [4.78, 5) is 29.2. The Morgan fingerprint density at radius 1 is 1.65 bits per heavy atom. The molecule has 1 N–H and O–H groups in total. The van der Waals surface area contributed by atoms with E-state index in [1.54, 1.807) is 23.2 Å². The van der Waals surface area contributed by atoms with Crippen molar-refractivity contribution in [2.75, 3.05) is 13.1 Å². The summed E-state index contributed by atoms with van der Waals surface area (Å²) in [6.45, 7) is 3.34. The van der Waals surface area contributed by atoms with Crippen LogP contribution in [0.3, 0.4) is 0 Å². The maximum atomic E-state index is 11.8. The summed E-state index contributed by atoms with van der Waals surface area (Å²) in [7, 11) is 0. The molecule has 17 heavy (non-hydrogen) atoms. The van der Waals surface area contributed by atoms with Gasteiger partial charge in [0.2, 0.25) is 5.91 Å². The van der Waals surface area contributed by atoms with Gasteiger partial charge in [0.05, 0.1) is 5.56 Å². The zero-order valence-corrected chi connectivity index (χ0v) is 9.72. The van der Waals surface area contributed by atoms with Crippen LogP contribution in [0, 0.1) is 0 Å². The third-order valence-corrected chi connectivity index (χ3v) is 2.91. The highest BCUT2D eigenvalue weighted by Crippen LogP contribution is 2.11. The molecule has 2 heterocycles. The summed E-state index contributed by atoms with van der Waals surface area (Å²) in [6.07, 6.45) is 3.78. The van der Waals surface area contributed by atoms with Crippen molar-refractivity contribution in [2.45, 2.75) is 19.4 Å². The number of aromatic nitrogens is 1. The molecule has 0 unspecified atom stereocenters. The van der Waals surface area contributed by atoms with Crippen LogP contribution in [-0.4, -0.2) is 40.8 Å². The van der Waals surface area contributed by atoms with Crippen LogP contribution in [0.2, 0.25) is 0 Å². The highest BCUT2D eigenvalue weighted by atomic mass is 16.2. The Morgan fingerprint density at radius 2 is 2.47 bits per heavy atom. The Balaban J connectivity index is 1.99. The minimum atomic E-state index is -0.386. The van der Waals surface area contributed by atoms with Crippen LogP contribution < -0.4 is 5.32 Å². The van der Waals surface area contributed by atoms with Crippen molar-refractivity contribution < 1.29 is 9.59 Å². The van der Waals surface area contributed by atoms with Crippen LogP contribution in [0.4, 0.5) is 0 Å². The van der Waals surface area contributed by atoms with Gasteiger partial charge in [0, 0.05) is 25.5 Å². The molecule has 1 aromatic rings. The van der Waals surface area contributed by atoms with E-state index in [-0.39, 0.29) is 17.9 Å². The maximum absolute atomic E-state index is 11.8. The average molecular weight is 233 g/mol. The van der Waals surface area contributed by atoms with Gasteiger partial charge in [0.15, 0.2) is 0 Å². The molecule has 2 amide bonds. The number of likely N-dealkylation sites (N-methyl/N-ethyl adjacent to an activating group) is 1. The van der Waals surface area contributed by atoms with Crippen LogP contribution in [0.15, 0.2) is 24.5 Å². The highest BCUT2D eigenvalue weighted by Gasteiger charge is 2.31. The molecule has 0 bridgehead atoms. The second-order valence-electron chi connectivity index (χ2n) is 3.97. The molecule has 0 spiro atoms. The Hall–Kier alpha value is -1.91. The first-order valence-electron chi connectivity index (χ1n) is 5.72. The Bertz CT molecular complexity index is 419. The van der Waals surface area contributed by atoms with Crippen molar-refractivity contribution in [3.05, 3.63) is 30.1 Å². The van der Waals surface area contributed by atoms with E-state index in [9.17, 15) is 9.59 Å².